The molecule has 21 heavy (non-hydrogen) atoms. The fourth-order valence-electron chi connectivity index (χ4n) is 2.29. The third-order valence-electron chi connectivity index (χ3n) is 3.41. The van der Waals surface area contributed by atoms with Gasteiger partial charge in [0.25, 0.3) is 17.1 Å². The van der Waals surface area contributed by atoms with E-state index in [9.17, 15) is 14.4 Å². The molecule has 0 saturated heterocycles. The summed E-state index contributed by atoms with van der Waals surface area (Å²) in [6.45, 7) is 1.92. The first-order valence-corrected chi connectivity index (χ1v) is 6.66. The molecule has 0 aromatic heterocycles. The first-order valence-electron chi connectivity index (χ1n) is 6.28. The molecule has 2 aromatic rings. The highest BCUT2D eigenvalue weighted by Gasteiger charge is 2.36. The summed E-state index contributed by atoms with van der Waals surface area (Å²) < 4.78 is 0. The number of halogens is 1. The van der Waals surface area contributed by atoms with Gasteiger partial charge in [-0.05, 0) is 48.9 Å². The normalized spacial score (nSPS) is 13.5. The van der Waals surface area contributed by atoms with Crippen molar-refractivity contribution in [3.63, 3.8) is 0 Å². The molecule has 0 bridgehead atoms. The number of carbonyl (C=O) groups is 3. The number of hydrogen-bond acceptors (Lipinski definition) is 3. The third-order valence-corrected chi connectivity index (χ3v) is 3.62. The minimum atomic E-state index is -0.660. The Kier molecular flexibility index (Phi) is 3.11. The van der Waals surface area contributed by atoms with Crippen LogP contribution >= 0.6 is 11.6 Å². The summed E-state index contributed by atoms with van der Waals surface area (Å²) in [5.41, 5.74) is 2.22. The Morgan fingerprint density at radius 2 is 1.57 bits per heavy atom. The second-order valence-electron chi connectivity index (χ2n) is 4.82. The van der Waals surface area contributed by atoms with Gasteiger partial charge in [-0.1, -0.05) is 17.7 Å². The van der Waals surface area contributed by atoms with Gasteiger partial charge in [0, 0.05) is 5.56 Å². The van der Waals surface area contributed by atoms with Crippen molar-refractivity contribution in [1.29, 1.82) is 0 Å². The van der Waals surface area contributed by atoms with Crippen LogP contribution < -0.4 is 4.90 Å². The summed E-state index contributed by atoms with van der Waals surface area (Å²) in [6.07, 6.45) is 0. The SMILES string of the molecule is Cc1ccc(N2C(=O)c3ccc(C(=O)Cl)cc3C2=O)cc1. The van der Waals surface area contributed by atoms with Crippen LogP contribution in [0.25, 0.3) is 0 Å². The molecule has 0 fully saturated rings. The van der Waals surface area contributed by atoms with Crippen LogP contribution in [0.1, 0.15) is 36.6 Å². The molecule has 104 valence electrons. The molecule has 5 heteroatoms. The fourth-order valence-corrected chi connectivity index (χ4v) is 2.41. The number of amides is 2. The Bertz CT molecular complexity index is 781. The highest BCUT2D eigenvalue weighted by Crippen LogP contribution is 2.29. The minimum Gasteiger partial charge on any atom is -0.276 e. The Morgan fingerprint density at radius 3 is 2.19 bits per heavy atom. The second kappa shape index (κ2) is 4.82. The van der Waals surface area contributed by atoms with Crippen LogP contribution in [0.5, 0.6) is 0 Å². The predicted octanol–water partition coefficient (Wildman–Crippen LogP) is 3.17. The molecular weight excluding hydrogens is 290 g/mol. The minimum absolute atomic E-state index is 0.197. The van der Waals surface area contributed by atoms with Gasteiger partial charge in [-0.3, -0.25) is 14.4 Å². The molecule has 4 nitrogen and oxygen atoms in total. The van der Waals surface area contributed by atoms with E-state index >= 15 is 0 Å². The van der Waals surface area contributed by atoms with Gasteiger partial charge in [-0.15, -0.1) is 0 Å². The third kappa shape index (κ3) is 2.14. The number of benzene rings is 2. The largest absolute Gasteiger partial charge is 0.276 e. The number of carbonyl (C=O) groups excluding carboxylic acids is 3. The van der Waals surface area contributed by atoms with Crippen LogP contribution in [0.3, 0.4) is 0 Å². The quantitative estimate of drug-likeness (QED) is 0.632. The average Bonchev–Trinajstić information content (AvgIpc) is 2.72. The van der Waals surface area contributed by atoms with Crippen LogP contribution in [-0.2, 0) is 0 Å². The van der Waals surface area contributed by atoms with Crippen molar-refractivity contribution in [1.82, 2.24) is 0 Å². The molecule has 0 N–H and O–H groups in total. The van der Waals surface area contributed by atoms with E-state index in [0.717, 1.165) is 10.5 Å². The van der Waals surface area contributed by atoms with Crippen LogP contribution in [0.4, 0.5) is 5.69 Å². The summed E-state index contributed by atoms with van der Waals surface area (Å²) in [6, 6.07) is 11.3. The molecule has 0 aliphatic carbocycles. The number of hydrogen-bond donors (Lipinski definition) is 0. The Labute approximate surface area is 125 Å². The van der Waals surface area contributed by atoms with Gasteiger partial charge < -0.3 is 0 Å². The van der Waals surface area contributed by atoms with E-state index < -0.39 is 17.1 Å². The van der Waals surface area contributed by atoms with Crippen LogP contribution in [0.2, 0.25) is 0 Å². The molecule has 1 heterocycles. The molecule has 1 aliphatic heterocycles. The average molecular weight is 300 g/mol. The zero-order valence-electron chi connectivity index (χ0n) is 11.1. The standard InChI is InChI=1S/C16H10ClNO3/c1-9-2-5-11(6-3-9)18-15(20)12-7-4-10(14(17)19)8-13(12)16(18)21/h2-8H,1H3. The number of anilines is 1. The maximum absolute atomic E-state index is 12.4. The van der Waals surface area contributed by atoms with Gasteiger partial charge in [0.2, 0.25) is 0 Å². The predicted molar refractivity (Wildman–Crippen MR) is 78.9 cm³/mol. The van der Waals surface area contributed by atoms with Gasteiger partial charge in [0.1, 0.15) is 0 Å². The van der Waals surface area contributed by atoms with Crippen molar-refractivity contribution in [3.8, 4) is 0 Å². The number of nitrogens with zero attached hydrogens (tertiary/aromatic N) is 1. The molecule has 0 spiro atoms. The Hall–Kier alpha value is -2.46. The lowest BCUT2D eigenvalue weighted by atomic mass is 10.1. The molecule has 0 unspecified atom stereocenters. The van der Waals surface area contributed by atoms with E-state index in [-0.39, 0.29) is 16.7 Å². The number of imide groups is 1. The van der Waals surface area contributed by atoms with E-state index in [2.05, 4.69) is 0 Å². The Morgan fingerprint density at radius 1 is 0.952 bits per heavy atom. The zero-order chi connectivity index (χ0) is 15.1. The van der Waals surface area contributed by atoms with Gasteiger partial charge in [-0.25, -0.2) is 4.90 Å². The maximum atomic E-state index is 12.4. The van der Waals surface area contributed by atoms with Crippen molar-refractivity contribution in [2.24, 2.45) is 0 Å². The lowest BCUT2D eigenvalue weighted by Crippen LogP contribution is -2.29. The molecular formula is C16H10ClNO3. The molecule has 0 atom stereocenters. The van der Waals surface area contributed by atoms with Gasteiger partial charge in [0.15, 0.2) is 0 Å². The molecule has 2 amide bonds. The summed E-state index contributed by atoms with van der Waals surface area (Å²) in [5, 5.41) is -0.660. The zero-order valence-corrected chi connectivity index (χ0v) is 11.8. The fraction of sp³-hybridized carbons (Fsp3) is 0.0625. The monoisotopic (exact) mass is 299 g/mol. The van der Waals surface area contributed by atoms with E-state index in [4.69, 9.17) is 11.6 Å². The first kappa shape index (κ1) is 13.5. The lowest BCUT2D eigenvalue weighted by Gasteiger charge is -2.13. The molecule has 3 rings (SSSR count). The smallest absolute Gasteiger partial charge is 0.266 e. The van der Waals surface area contributed by atoms with Crippen molar-refractivity contribution >= 4 is 34.3 Å². The second-order valence-corrected chi connectivity index (χ2v) is 5.16. The summed E-state index contributed by atoms with van der Waals surface area (Å²) in [5.74, 6) is -0.842. The van der Waals surface area contributed by atoms with Crippen molar-refractivity contribution in [3.05, 3.63) is 64.7 Å². The summed E-state index contributed by atoms with van der Waals surface area (Å²) in [4.78, 5) is 37.1. The maximum Gasteiger partial charge on any atom is 0.266 e. The van der Waals surface area contributed by atoms with Crippen molar-refractivity contribution < 1.29 is 14.4 Å². The number of aryl methyl sites for hydroxylation is 1. The molecule has 0 saturated carbocycles. The van der Waals surface area contributed by atoms with Gasteiger partial charge in [0.05, 0.1) is 16.8 Å². The molecule has 1 aliphatic rings. The van der Waals surface area contributed by atoms with E-state index in [1.54, 1.807) is 12.1 Å². The lowest BCUT2D eigenvalue weighted by molar-refractivity contribution is 0.0925. The molecule has 0 radical (unpaired) electrons. The van der Waals surface area contributed by atoms with E-state index in [0.29, 0.717) is 5.69 Å². The van der Waals surface area contributed by atoms with Crippen molar-refractivity contribution in [2.75, 3.05) is 4.90 Å². The van der Waals surface area contributed by atoms with E-state index in [1.165, 1.54) is 18.2 Å². The van der Waals surface area contributed by atoms with Crippen LogP contribution in [0.15, 0.2) is 42.5 Å². The van der Waals surface area contributed by atoms with Gasteiger partial charge >= 0.3 is 0 Å². The topological polar surface area (TPSA) is 54.5 Å². The summed E-state index contributed by atoms with van der Waals surface area (Å²) in [7, 11) is 0. The highest BCUT2D eigenvalue weighted by molar-refractivity contribution is 6.67. The number of rotatable bonds is 2. The van der Waals surface area contributed by atoms with Crippen LogP contribution in [-0.4, -0.2) is 17.1 Å². The summed E-state index contributed by atoms with van der Waals surface area (Å²) >= 11 is 5.41. The van der Waals surface area contributed by atoms with Crippen LogP contribution in [0, 0.1) is 6.92 Å². The Balaban J connectivity index is 2.08. The highest BCUT2D eigenvalue weighted by atomic mass is 35.5. The van der Waals surface area contributed by atoms with Gasteiger partial charge in [-0.2, -0.15) is 0 Å². The van der Waals surface area contributed by atoms with Crippen molar-refractivity contribution in [2.45, 2.75) is 6.92 Å². The first-order chi connectivity index (χ1) is 9.99. The number of fused-ring (bicyclic) bond motifs is 1. The van der Waals surface area contributed by atoms with E-state index in [1.807, 2.05) is 19.1 Å². The molecule has 2 aromatic carbocycles.